The predicted octanol–water partition coefficient (Wildman–Crippen LogP) is 3.01. The van der Waals surface area contributed by atoms with Gasteiger partial charge in [-0.05, 0) is 43.4 Å². The highest BCUT2D eigenvalue weighted by Crippen LogP contribution is 2.59. The molecule has 0 aromatic rings. The zero-order valence-corrected chi connectivity index (χ0v) is 10.4. The molecule has 0 radical (unpaired) electrons. The molecule has 0 N–H and O–H groups in total. The van der Waals surface area contributed by atoms with E-state index in [9.17, 15) is 0 Å². The number of piperidine rings is 2. The second kappa shape index (κ2) is 3.23. The largest absolute Gasteiger partial charge is 0.300 e. The van der Waals surface area contributed by atoms with Crippen LogP contribution in [0.1, 0.15) is 41.0 Å². The molecule has 0 aromatic heterocycles. The predicted molar refractivity (Wildman–Crippen MR) is 61.3 cm³/mol. The monoisotopic (exact) mass is 195 g/mol. The van der Waals surface area contributed by atoms with Gasteiger partial charge in [-0.3, -0.25) is 0 Å². The average molecular weight is 195 g/mol. The molecule has 2 unspecified atom stereocenters. The quantitative estimate of drug-likeness (QED) is 0.654. The second-order valence-electron chi connectivity index (χ2n) is 6.20. The van der Waals surface area contributed by atoms with Crippen molar-refractivity contribution in [2.24, 2.45) is 23.2 Å². The van der Waals surface area contributed by atoms with E-state index in [1.807, 2.05) is 0 Å². The minimum atomic E-state index is 0.658. The van der Waals surface area contributed by atoms with Gasteiger partial charge in [0, 0.05) is 19.1 Å². The van der Waals surface area contributed by atoms with Gasteiger partial charge >= 0.3 is 0 Å². The number of hydrogen-bond acceptors (Lipinski definition) is 1. The molecule has 82 valence electrons. The molecule has 1 saturated carbocycles. The summed E-state index contributed by atoms with van der Waals surface area (Å²) < 4.78 is 0. The summed E-state index contributed by atoms with van der Waals surface area (Å²) in [5.41, 5.74) is 0.658. The van der Waals surface area contributed by atoms with Crippen molar-refractivity contribution in [2.75, 3.05) is 13.1 Å². The van der Waals surface area contributed by atoms with Crippen molar-refractivity contribution in [3.63, 3.8) is 0 Å². The highest BCUT2D eigenvalue weighted by Gasteiger charge is 2.56. The molecule has 0 amide bonds. The molecule has 2 bridgehead atoms. The summed E-state index contributed by atoms with van der Waals surface area (Å²) in [4.78, 5) is 2.67. The Labute approximate surface area is 88.9 Å². The van der Waals surface area contributed by atoms with E-state index in [1.54, 1.807) is 0 Å². The van der Waals surface area contributed by atoms with Gasteiger partial charge in [0.05, 0.1) is 0 Å². The lowest BCUT2D eigenvalue weighted by molar-refractivity contribution is -0.150. The first kappa shape index (κ1) is 10.5. The molecular formula is C13H25N. The maximum absolute atomic E-state index is 2.67. The fourth-order valence-electron chi connectivity index (χ4n) is 3.57. The van der Waals surface area contributed by atoms with Crippen LogP contribution >= 0.6 is 0 Å². The van der Waals surface area contributed by atoms with Crippen LogP contribution in [0.2, 0.25) is 0 Å². The number of nitrogens with zero attached hydrogens (tertiary/aromatic N) is 1. The zero-order valence-electron chi connectivity index (χ0n) is 10.4. The molecule has 3 fully saturated rings. The Morgan fingerprint density at radius 3 is 1.93 bits per heavy atom. The topological polar surface area (TPSA) is 3.24 Å². The average Bonchev–Trinajstić information content (AvgIpc) is 2.16. The molecule has 1 aliphatic carbocycles. The van der Waals surface area contributed by atoms with Crippen LogP contribution in [0, 0.1) is 23.2 Å². The van der Waals surface area contributed by atoms with Gasteiger partial charge in [0.25, 0.3) is 0 Å². The molecule has 0 aromatic carbocycles. The van der Waals surface area contributed by atoms with Crippen molar-refractivity contribution < 1.29 is 0 Å². The molecule has 1 nitrogen and oxygen atoms in total. The molecule has 2 heterocycles. The van der Waals surface area contributed by atoms with Gasteiger partial charge in [0.2, 0.25) is 0 Å². The molecule has 3 aliphatic rings. The number of rotatable bonds is 2. The maximum atomic E-state index is 2.67. The molecule has 2 saturated heterocycles. The van der Waals surface area contributed by atoms with Gasteiger partial charge in [-0.1, -0.05) is 20.8 Å². The van der Waals surface area contributed by atoms with Gasteiger partial charge < -0.3 is 4.90 Å². The van der Waals surface area contributed by atoms with Crippen LogP contribution in [0.4, 0.5) is 0 Å². The van der Waals surface area contributed by atoms with Gasteiger partial charge in [0.1, 0.15) is 0 Å². The second-order valence-corrected chi connectivity index (χ2v) is 6.20. The SMILES string of the molecule is CC(C)N1CC2CC(C1)C2(C)C(C)C. The minimum Gasteiger partial charge on any atom is -0.300 e. The van der Waals surface area contributed by atoms with E-state index in [4.69, 9.17) is 0 Å². The van der Waals surface area contributed by atoms with E-state index in [0.717, 1.165) is 23.8 Å². The van der Waals surface area contributed by atoms with Gasteiger partial charge in [-0.2, -0.15) is 0 Å². The van der Waals surface area contributed by atoms with Crippen LogP contribution in [-0.2, 0) is 0 Å². The Hall–Kier alpha value is -0.0400. The van der Waals surface area contributed by atoms with Crippen molar-refractivity contribution in [3.05, 3.63) is 0 Å². The number of fused-ring (bicyclic) bond motifs is 2. The summed E-state index contributed by atoms with van der Waals surface area (Å²) in [5, 5.41) is 0. The first-order valence-electron chi connectivity index (χ1n) is 6.20. The van der Waals surface area contributed by atoms with E-state index in [1.165, 1.54) is 19.5 Å². The summed E-state index contributed by atoms with van der Waals surface area (Å²) in [6, 6.07) is 0.747. The number of hydrogen-bond donors (Lipinski definition) is 0. The van der Waals surface area contributed by atoms with E-state index < -0.39 is 0 Å². The third-order valence-electron chi connectivity index (χ3n) is 5.21. The lowest BCUT2D eigenvalue weighted by Crippen LogP contribution is -2.64. The summed E-state index contributed by atoms with van der Waals surface area (Å²) in [6.45, 7) is 14.7. The summed E-state index contributed by atoms with van der Waals surface area (Å²) in [5.74, 6) is 2.81. The Balaban J connectivity index is 2.06. The van der Waals surface area contributed by atoms with Crippen molar-refractivity contribution in [1.82, 2.24) is 4.90 Å². The van der Waals surface area contributed by atoms with Crippen molar-refractivity contribution in [3.8, 4) is 0 Å². The van der Waals surface area contributed by atoms with Gasteiger partial charge in [-0.25, -0.2) is 0 Å². The highest BCUT2D eigenvalue weighted by atomic mass is 15.2. The van der Waals surface area contributed by atoms with Crippen LogP contribution in [0.25, 0.3) is 0 Å². The first-order chi connectivity index (χ1) is 6.46. The summed E-state index contributed by atoms with van der Waals surface area (Å²) >= 11 is 0. The maximum Gasteiger partial charge on any atom is 0.00388 e. The fraction of sp³-hybridized carbons (Fsp3) is 1.00. The van der Waals surface area contributed by atoms with E-state index in [2.05, 4.69) is 39.5 Å². The molecule has 3 rings (SSSR count). The molecule has 0 spiro atoms. The molecule has 2 aliphatic heterocycles. The van der Waals surface area contributed by atoms with Crippen molar-refractivity contribution in [1.29, 1.82) is 0 Å². The zero-order chi connectivity index (χ0) is 10.5. The molecule has 2 atom stereocenters. The lowest BCUT2D eigenvalue weighted by Gasteiger charge is -2.64. The van der Waals surface area contributed by atoms with Crippen LogP contribution < -0.4 is 0 Å². The van der Waals surface area contributed by atoms with E-state index in [-0.39, 0.29) is 0 Å². The van der Waals surface area contributed by atoms with Gasteiger partial charge in [-0.15, -0.1) is 0 Å². The highest BCUT2D eigenvalue weighted by molar-refractivity contribution is 5.06. The molecular weight excluding hydrogens is 170 g/mol. The Morgan fingerprint density at radius 2 is 1.57 bits per heavy atom. The molecule has 1 heteroatoms. The Kier molecular flexibility index (Phi) is 2.42. The van der Waals surface area contributed by atoms with E-state index in [0.29, 0.717) is 5.41 Å². The van der Waals surface area contributed by atoms with Crippen molar-refractivity contribution >= 4 is 0 Å². The fourth-order valence-corrected chi connectivity index (χ4v) is 3.57. The summed E-state index contributed by atoms with van der Waals surface area (Å²) in [7, 11) is 0. The van der Waals surface area contributed by atoms with Crippen LogP contribution in [-0.4, -0.2) is 24.0 Å². The normalized spacial score (nSPS) is 43.1. The van der Waals surface area contributed by atoms with E-state index >= 15 is 0 Å². The van der Waals surface area contributed by atoms with Crippen molar-refractivity contribution in [2.45, 2.75) is 47.1 Å². The molecule has 14 heavy (non-hydrogen) atoms. The van der Waals surface area contributed by atoms with Crippen LogP contribution in [0.3, 0.4) is 0 Å². The first-order valence-corrected chi connectivity index (χ1v) is 6.20. The van der Waals surface area contributed by atoms with Crippen LogP contribution in [0.5, 0.6) is 0 Å². The Bertz CT molecular complexity index is 207. The third-order valence-corrected chi connectivity index (χ3v) is 5.21. The lowest BCUT2D eigenvalue weighted by atomic mass is 9.47. The van der Waals surface area contributed by atoms with Gasteiger partial charge in [0.15, 0.2) is 0 Å². The standard InChI is InChI=1S/C13H25N/c1-9(2)13(5)11-6-12(13)8-14(7-11)10(3)4/h9-12H,6-8H2,1-5H3. The van der Waals surface area contributed by atoms with Crippen LogP contribution in [0.15, 0.2) is 0 Å². The summed E-state index contributed by atoms with van der Waals surface area (Å²) in [6.07, 6.45) is 1.50. The smallest absolute Gasteiger partial charge is 0.00388 e. The minimum absolute atomic E-state index is 0.658. The Morgan fingerprint density at radius 1 is 1.07 bits per heavy atom. The third kappa shape index (κ3) is 1.25.